The lowest BCUT2D eigenvalue weighted by molar-refractivity contribution is 0.247. The van der Waals surface area contributed by atoms with Gasteiger partial charge in [-0.05, 0) is 61.6 Å². The Labute approximate surface area is 159 Å². The van der Waals surface area contributed by atoms with E-state index >= 15 is 0 Å². The molecule has 2 atom stereocenters. The van der Waals surface area contributed by atoms with E-state index in [1.165, 1.54) is 12.1 Å². The Bertz CT molecular complexity index is 743. The first-order valence-electron chi connectivity index (χ1n) is 9.29. The molecule has 2 amide bonds. The molecule has 3 rings (SSSR count). The number of methoxy groups -OCH3 is 1. The minimum atomic E-state index is -0.224. The second-order valence-corrected chi connectivity index (χ2v) is 6.95. The van der Waals surface area contributed by atoms with Crippen LogP contribution in [0.25, 0.3) is 0 Å². The van der Waals surface area contributed by atoms with E-state index in [0.29, 0.717) is 23.9 Å². The molecule has 2 aromatic rings. The molecule has 0 radical (unpaired) electrons. The summed E-state index contributed by atoms with van der Waals surface area (Å²) < 4.78 is 18.1. The van der Waals surface area contributed by atoms with E-state index in [0.717, 1.165) is 31.4 Å². The highest BCUT2D eigenvalue weighted by Crippen LogP contribution is 2.19. The number of carbonyl (C=O) groups excluding carboxylic acids is 1. The third kappa shape index (κ3) is 5.96. The van der Waals surface area contributed by atoms with Crippen LogP contribution in [0.5, 0.6) is 5.75 Å². The lowest BCUT2D eigenvalue weighted by Crippen LogP contribution is -2.47. The number of carbonyl (C=O) groups is 1. The van der Waals surface area contributed by atoms with Crippen molar-refractivity contribution in [3.8, 4) is 5.75 Å². The van der Waals surface area contributed by atoms with Crippen LogP contribution in [0.3, 0.4) is 0 Å². The minimum Gasteiger partial charge on any atom is -0.497 e. The second-order valence-electron chi connectivity index (χ2n) is 6.95. The molecular weight excluding hydrogens is 345 g/mol. The fourth-order valence-corrected chi connectivity index (χ4v) is 3.37. The molecule has 144 valence electrons. The molecule has 0 bridgehead atoms. The van der Waals surface area contributed by atoms with Gasteiger partial charge in [0.2, 0.25) is 0 Å². The summed E-state index contributed by atoms with van der Waals surface area (Å²) in [5.74, 6) is 1.05. The van der Waals surface area contributed by atoms with Gasteiger partial charge < -0.3 is 20.7 Å². The normalized spacial score (nSPS) is 19.3. The maximum atomic E-state index is 13.0. The molecule has 5 nitrogen and oxygen atoms in total. The number of rotatable bonds is 6. The maximum absolute atomic E-state index is 13.0. The Morgan fingerprint density at radius 3 is 2.74 bits per heavy atom. The molecule has 0 saturated carbocycles. The van der Waals surface area contributed by atoms with Gasteiger partial charge in [0, 0.05) is 24.3 Å². The van der Waals surface area contributed by atoms with Gasteiger partial charge in [-0.3, -0.25) is 0 Å². The van der Waals surface area contributed by atoms with Crippen molar-refractivity contribution in [3.63, 3.8) is 0 Å². The van der Waals surface area contributed by atoms with E-state index in [4.69, 9.17) is 4.74 Å². The van der Waals surface area contributed by atoms with E-state index in [2.05, 4.69) is 16.0 Å². The number of anilines is 1. The summed E-state index contributed by atoms with van der Waals surface area (Å²) in [6.45, 7) is 1.49. The molecule has 0 aliphatic carbocycles. The highest BCUT2D eigenvalue weighted by Gasteiger charge is 2.21. The number of hydrogen-bond acceptors (Lipinski definition) is 3. The summed E-state index contributed by atoms with van der Waals surface area (Å²) in [5, 5.41) is 9.23. The minimum absolute atomic E-state index is 0.195. The first kappa shape index (κ1) is 19.2. The van der Waals surface area contributed by atoms with Gasteiger partial charge in [-0.1, -0.05) is 18.2 Å². The summed E-state index contributed by atoms with van der Waals surface area (Å²) in [5.41, 5.74) is 1.86. The smallest absolute Gasteiger partial charge is 0.319 e. The Hall–Kier alpha value is -2.60. The van der Waals surface area contributed by atoms with E-state index in [1.54, 1.807) is 13.2 Å². The van der Waals surface area contributed by atoms with Crippen molar-refractivity contribution in [2.24, 2.45) is 5.92 Å². The predicted molar refractivity (Wildman–Crippen MR) is 105 cm³/mol. The van der Waals surface area contributed by atoms with Crippen LogP contribution < -0.4 is 20.7 Å². The van der Waals surface area contributed by atoms with Gasteiger partial charge in [-0.25, -0.2) is 9.18 Å². The Morgan fingerprint density at radius 2 is 2.04 bits per heavy atom. The molecule has 1 saturated heterocycles. The van der Waals surface area contributed by atoms with Crippen molar-refractivity contribution in [1.82, 2.24) is 10.6 Å². The number of ether oxygens (including phenoxy) is 1. The average Bonchev–Trinajstić information content (AvgIpc) is 2.69. The van der Waals surface area contributed by atoms with Gasteiger partial charge >= 0.3 is 6.03 Å². The van der Waals surface area contributed by atoms with Crippen LogP contribution in [-0.4, -0.2) is 32.3 Å². The molecule has 27 heavy (non-hydrogen) atoms. The molecule has 1 heterocycles. The summed E-state index contributed by atoms with van der Waals surface area (Å²) in [6.07, 6.45) is 3.04. The third-order valence-electron chi connectivity index (χ3n) is 4.89. The number of nitrogens with one attached hydrogen (secondary N) is 3. The molecule has 0 unspecified atom stereocenters. The van der Waals surface area contributed by atoms with Crippen molar-refractivity contribution in [2.75, 3.05) is 25.5 Å². The molecular formula is C21H26FN3O2. The van der Waals surface area contributed by atoms with Crippen LogP contribution in [0.1, 0.15) is 18.4 Å². The van der Waals surface area contributed by atoms with Gasteiger partial charge in [-0.2, -0.15) is 0 Å². The maximum Gasteiger partial charge on any atom is 0.319 e. The molecule has 0 spiro atoms. The van der Waals surface area contributed by atoms with Crippen molar-refractivity contribution in [1.29, 1.82) is 0 Å². The molecule has 1 fully saturated rings. The highest BCUT2D eigenvalue weighted by atomic mass is 19.1. The van der Waals surface area contributed by atoms with E-state index in [1.807, 2.05) is 30.3 Å². The zero-order valence-corrected chi connectivity index (χ0v) is 15.5. The molecule has 6 heteroatoms. The fourth-order valence-electron chi connectivity index (χ4n) is 3.37. The fraction of sp³-hybridized carbons (Fsp3) is 0.381. The number of piperidine rings is 1. The molecule has 0 aromatic heterocycles. The molecule has 1 aliphatic heterocycles. The first-order valence-corrected chi connectivity index (χ1v) is 9.29. The lowest BCUT2D eigenvalue weighted by atomic mass is 9.89. The molecule has 3 N–H and O–H groups in total. The first-order chi connectivity index (χ1) is 13.1. The number of halogens is 1. The third-order valence-corrected chi connectivity index (χ3v) is 4.89. The summed E-state index contributed by atoms with van der Waals surface area (Å²) in [4.78, 5) is 12.1. The van der Waals surface area contributed by atoms with Gasteiger partial charge in [0.1, 0.15) is 11.6 Å². The second kappa shape index (κ2) is 9.37. The van der Waals surface area contributed by atoms with Crippen LogP contribution in [0, 0.1) is 11.7 Å². The summed E-state index contributed by atoms with van der Waals surface area (Å²) in [6, 6.07) is 14.0. The van der Waals surface area contributed by atoms with Crippen molar-refractivity contribution in [2.45, 2.75) is 25.3 Å². The number of benzene rings is 2. The summed E-state index contributed by atoms with van der Waals surface area (Å²) >= 11 is 0. The van der Waals surface area contributed by atoms with Gasteiger partial charge in [0.15, 0.2) is 0 Å². The number of amides is 2. The zero-order chi connectivity index (χ0) is 19.1. The lowest BCUT2D eigenvalue weighted by Gasteiger charge is -2.30. The monoisotopic (exact) mass is 371 g/mol. The van der Waals surface area contributed by atoms with Crippen molar-refractivity contribution >= 4 is 11.7 Å². The Kier molecular flexibility index (Phi) is 6.65. The standard InChI is InChI=1S/C21H26FN3O2/c1-27-20-4-2-3-18(12-20)25-21(26)24-14-19-10-7-16(13-23-19)11-15-5-8-17(22)9-6-15/h2-6,8-9,12,16,19,23H,7,10-11,13-14H2,1H3,(H2,24,25,26)/t16-,19+/m0/s1. The summed E-state index contributed by atoms with van der Waals surface area (Å²) in [7, 11) is 1.59. The largest absolute Gasteiger partial charge is 0.497 e. The number of hydrogen-bond donors (Lipinski definition) is 3. The van der Waals surface area contributed by atoms with Crippen LogP contribution in [0.4, 0.5) is 14.9 Å². The van der Waals surface area contributed by atoms with Gasteiger partial charge in [0.25, 0.3) is 0 Å². The average molecular weight is 371 g/mol. The quantitative estimate of drug-likeness (QED) is 0.727. The Morgan fingerprint density at radius 1 is 1.22 bits per heavy atom. The predicted octanol–water partition coefficient (Wildman–Crippen LogP) is 3.57. The van der Waals surface area contributed by atoms with Crippen LogP contribution in [0.2, 0.25) is 0 Å². The van der Waals surface area contributed by atoms with Crippen molar-refractivity contribution in [3.05, 3.63) is 59.9 Å². The van der Waals surface area contributed by atoms with Crippen molar-refractivity contribution < 1.29 is 13.9 Å². The SMILES string of the molecule is COc1cccc(NC(=O)NC[C@H]2CC[C@@H](Cc3ccc(F)cc3)CN2)c1. The molecule has 1 aliphatic rings. The number of urea groups is 1. The van der Waals surface area contributed by atoms with Crippen LogP contribution in [-0.2, 0) is 6.42 Å². The van der Waals surface area contributed by atoms with Crippen LogP contribution >= 0.6 is 0 Å². The van der Waals surface area contributed by atoms with E-state index in [9.17, 15) is 9.18 Å². The van der Waals surface area contributed by atoms with Gasteiger partial charge in [0.05, 0.1) is 7.11 Å². The van der Waals surface area contributed by atoms with E-state index < -0.39 is 0 Å². The Balaban J connectivity index is 1.37. The van der Waals surface area contributed by atoms with Crippen LogP contribution in [0.15, 0.2) is 48.5 Å². The highest BCUT2D eigenvalue weighted by molar-refractivity contribution is 5.89. The zero-order valence-electron chi connectivity index (χ0n) is 15.5. The van der Waals surface area contributed by atoms with Gasteiger partial charge in [-0.15, -0.1) is 0 Å². The molecule has 2 aromatic carbocycles. The van der Waals surface area contributed by atoms with E-state index in [-0.39, 0.29) is 17.9 Å². The topological polar surface area (TPSA) is 62.4 Å².